The van der Waals surface area contributed by atoms with Gasteiger partial charge in [0.05, 0.1) is 11.4 Å². The molecule has 1 saturated heterocycles. The minimum Gasteiger partial charge on any atom is -0.333 e. The van der Waals surface area contributed by atoms with Gasteiger partial charge in [-0.05, 0) is 11.4 Å². The van der Waals surface area contributed by atoms with E-state index < -0.39 is 0 Å². The summed E-state index contributed by atoms with van der Waals surface area (Å²) in [5, 5.41) is 6.28. The molecule has 22 heavy (non-hydrogen) atoms. The Morgan fingerprint density at radius 1 is 1.18 bits per heavy atom. The Labute approximate surface area is 133 Å². The van der Waals surface area contributed by atoms with Gasteiger partial charge in [-0.25, -0.2) is 0 Å². The predicted molar refractivity (Wildman–Crippen MR) is 85.6 cm³/mol. The van der Waals surface area contributed by atoms with Crippen molar-refractivity contribution in [2.24, 2.45) is 0 Å². The normalized spacial score (nSPS) is 21.3. The van der Waals surface area contributed by atoms with Crippen LogP contribution in [0.4, 0.5) is 0 Å². The van der Waals surface area contributed by atoms with E-state index in [-0.39, 0.29) is 0 Å². The maximum Gasteiger partial charge on any atom is 0.282 e. The van der Waals surface area contributed by atoms with Crippen LogP contribution in [-0.4, -0.2) is 16.7 Å². The van der Waals surface area contributed by atoms with Crippen LogP contribution < -0.4 is 4.90 Å². The second kappa shape index (κ2) is 6.02. The van der Waals surface area contributed by atoms with Crippen molar-refractivity contribution in [1.29, 1.82) is 0 Å². The summed E-state index contributed by atoms with van der Waals surface area (Å²) < 4.78 is 5.47. The minimum absolute atomic E-state index is 0.576. The molecule has 3 aromatic rings. The van der Waals surface area contributed by atoms with Crippen molar-refractivity contribution in [2.45, 2.75) is 25.4 Å². The van der Waals surface area contributed by atoms with Crippen LogP contribution in [0.1, 0.15) is 29.7 Å². The molecule has 1 fully saturated rings. The third-order valence-electron chi connectivity index (χ3n) is 4.25. The van der Waals surface area contributed by atoms with Crippen molar-refractivity contribution < 1.29 is 9.42 Å². The van der Waals surface area contributed by atoms with Crippen molar-refractivity contribution in [2.75, 3.05) is 6.54 Å². The van der Waals surface area contributed by atoms with Gasteiger partial charge >= 0.3 is 0 Å². The number of aromatic nitrogens is 2. The SMILES string of the molecule is c1ccc(-c2noc(C[NH+]3CCC[C@H]3c3cccs3)n2)cc1. The first kappa shape index (κ1) is 13.7. The van der Waals surface area contributed by atoms with Crippen molar-refractivity contribution in [3.05, 3.63) is 58.6 Å². The van der Waals surface area contributed by atoms with Crippen LogP contribution in [0.25, 0.3) is 11.4 Å². The van der Waals surface area contributed by atoms with Gasteiger partial charge in [0, 0.05) is 18.4 Å². The van der Waals surface area contributed by atoms with E-state index in [1.54, 1.807) is 0 Å². The number of quaternary nitrogens is 1. The van der Waals surface area contributed by atoms with Gasteiger partial charge in [0.2, 0.25) is 5.82 Å². The molecule has 2 aromatic heterocycles. The van der Waals surface area contributed by atoms with Gasteiger partial charge in [-0.1, -0.05) is 41.6 Å². The fraction of sp³-hybridized carbons (Fsp3) is 0.294. The Morgan fingerprint density at radius 3 is 2.91 bits per heavy atom. The van der Waals surface area contributed by atoms with Crippen LogP contribution in [0.3, 0.4) is 0 Å². The van der Waals surface area contributed by atoms with E-state index in [0.717, 1.165) is 18.0 Å². The highest BCUT2D eigenvalue weighted by atomic mass is 32.1. The number of nitrogens with one attached hydrogen (secondary N) is 1. The summed E-state index contributed by atoms with van der Waals surface area (Å²) >= 11 is 1.85. The van der Waals surface area contributed by atoms with Crippen molar-refractivity contribution in [3.63, 3.8) is 0 Å². The van der Waals surface area contributed by atoms with E-state index in [1.165, 1.54) is 29.2 Å². The first-order chi connectivity index (χ1) is 10.9. The molecule has 0 saturated carbocycles. The van der Waals surface area contributed by atoms with Crippen molar-refractivity contribution in [3.8, 4) is 11.4 Å². The first-order valence-electron chi connectivity index (χ1n) is 7.66. The number of benzene rings is 1. The minimum atomic E-state index is 0.576. The van der Waals surface area contributed by atoms with Crippen LogP contribution in [-0.2, 0) is 6.54 Å². The van der Waals surface area contributed by atoms with E-state index in [4.69, 9.17) is 4.52 Å². The summed E-state index contributed by atoms with van der Waals surface area (Å²) in [4.78, 5) is 7.57. The molecule has 0 amide bonds. The van der Waals surface area contributed by atoms with Crippen LogP contribution in [0.15, 0.2) is 52.4 Å². The molecule has 4 nitrogen and oxygen atoms in total. The van der Waals surface area contributed by atoms with Crippen LogP contribution in [0.5, 0.6) is 0 Å². The molecule has 3 heterocycles. The lowest BCUT2D eigenvalue weighted by molar-refractivity contribution is -0.932. The summed E-state index contributed by atoms with van der Waals surface area (Å²) in [6.45, 7) is 1.98. The monoisotopic (exact) mass is 312 g/mol. The molecular formula is C17H18N3OS+. The van der Waals surface area contributed by atoms with E-state index in [9.17, 15) is 0 Å². The van der Waals surface area contributed by atoms with Gasteiger partial charge in [0.25, 0.3) is 5.89 Å². The van der Waals surface area contributed by atoms with Gasteiger partial charge in [-0.15, -0.1) is 11.3 Å². The van der Waals surface area contributed by atoms with Crippen molar-refractivity contribution >= 4 is 11.3 Å². The smallest absolute Gasteiger partial charge is 0.282 e. The summed E-state index contributed by atoms with van der Waals surface area (Å²) in [5.74, 6) is 1.42. The summed E-state index contributed by atoms with van der Waals surface area (Å²) in [6, 6.07) is 14.9. The highest BCUT2D eigenvalue weighted by molar-refractivity contribution is 7.10. The number of hydrogen-bond donors (Lipinski definition) is 1. The second-order valence-electron chi connectivity index (χ2n) is 5.67. The number of likely N-dealkylation sites (tertiary alicyclic amines) is 1. The zero-order chi connectivity index (χ0) is 14.8. The Hall–Kier alpha value is -1.98. The third-order valence-corrected chi connectivity index (χ3v) is 5.23. The lowest BCUT2D eigenvalue weighted by Gasteiger charge is -2.18. The molecule has 1 aromatic carbocycles. The average Bonchev–Trinajstić information content (AvgIpc) is 3.30. The first-order valence-corrected chi connectivity index (χ1v) is 8.54. The van der Waals surface area contributed by atoms with E-state index >= 15 is 0 Å². The summed E-state index contributed by atoms with van der Waals surface area (Å²) in [7, 11) is 0. The molecule has 1 unspecified atom stereocenters. The zero-order valence-corrected chi connectivity index (χ0v) is 13.1. The van der Waals surface area contributed by atoms with Crippen LogP contribution >= 0.6 is 11.3 Å². The van der Waals surface area contributed by atoms with E-state index in [2.05, 4.69) is 27.7 Å². The van der Waals surface area contributed by atoms with Crippen LogP contribution in [0, 0.1) is 0 Å². The van der Waals surface area contributed by atoms with Crippen molar-refractivity contribution in [1.82, 2.24) is 10.1 Å². The fourth-order valence-electron chi connectivity index (χ4n) is 3.18. The largest absolute Gasteiger partial charge is 0.333 e. The molecule has 1 N–H and O–H groups in total. The molecule has 112 valence electrons. The highest BCUT2D eigenvalue weighted by Crippen LogP contribution is 2.24. The Bertz CT molecular complexity index is 723. The molecule has 0 bridgehead atoms. The average molecular weight is 312 g/mol. The van der Waals surface area contributed by atoms with Gasteiger partial charge < -0.3 is 9.42 Å². The number of rotatable bonds is 4. The molecule has 0 radical (unpaired) electrons. The quantitative estimate of drug-likeness (QED) is 0.805. The lowest BCUT2D eigenvalue weighted by atomic mass is 10.2. The predicted octanol–water partition coefficient (Wildman–Crippen LogP) is 2.72. The molecule has 4 rings (SSSR count). The molecule has 2 atom stereocenters. The molecular weight excluding hydrogens is 294 g/mol. The standard InChI is InChI=1S/C17H17N3OS/c1-2-6-13(7-3-1)17-18-16(21-19-17)12-20-10-4-8-14(20)15-9-5-11-22-15/h1-3,5-7,9,11,14H,4,8,10,12H2/p+1/t14-/m0/s1. The van der Waals surface area contributed by atoms with E-state index in [1.807, 2.05) is 41.7 Å². The lowest BCUT2D eigenvalue weighted by Crippen LogP contribution is -3.08. The Kier molecular flexibility index (Phi) is 3.74. The number of hydrogen-bond acceptors (Lipinski definition) is 4. The second-order valence-corrected chi connectivity index (χ2v) is 6.65. The maximum atomic E-state index is 5.47. The zero-order valence-electron chi connectivity index (χ0n) is 12.2. The van der Waals surface area contributed by atoms with Gasteiger partial charge in [0.1, 0.15) is 6.04 Å². The highest BCUT2D eigenvalue weighted by Gasteiger charge is 2.32. The Morgan fingerprint density at radius 2 is 2.09 bits per heavy atom. The van der Waals surface area contributed by atoms with Gasteiger partial charge in [-0.3, -0.25) is 0 Å². The molecule has 0 spiro atoms. The topological polar surface area (TPSA) is 43.4 Å². The number of nitrogens with zero attached hydrogens (tertiary/aromatic N) is 2. The fourth-order valence-corrected chi connectivity index (χ4v) is 4.10. The van der Waals surface area contributed by atoms with Gasteiger partial charge in [0.15, 0.2) is 6.54 Å². The summed E-state index contributed by atoms with van der Waals surface area (Å²) in [5.41, 5.74) is 1.00. The molecule has 0 aliphatic carbocycles. The molecule has 5 heteroatoms. The third kappa shape index (κ3) is 2.69. The molecule has 1 aliphatic rings. The van der Waals surface area contributed by atoms with Gasteiger partial charge in [-0.2, -0.15) is 4.98 Å². The molecule has 1 aliphatic heterocycles. The Balaban J connectivity index is 1.51. The number of thiophene rings is 1. The van der Waals surface area contributed by atoms with Crippen LogP contribution in [0.2, 0.25) is 0 Å². The summed E-state index contributed by atoms with van der Waals surface area (Å²) in [6.07, 6.45) is 2.51. The van der Waals surface area contributed by atoms with E-state index in [0.29, 0.717) is 11.9 Å². The maximum absolute atomic E-state index is 5.47.